The molecule has 3 aliphatic rings. The Morgan fingerprint density at radius 1 is 1.02 bits per heavy atom. The Balaban J connectivity index is 1.19. The summed E-state index contributed by atoms with van der Waals surface area (Å²) < 4.78 is 36.5. The summed E-state index contributed by atoms with van der Waals surface area (Å²) in [5, 5.41) is 24.5. The summed E-state index contributed by atoms with van der Waals surface area (Å²) in [6, 6.07) is 12.4. The maximum Gasteiger partial charge on any atom is 0.246 e. The molecule has 0 saturated carbocycles. The molecule has 0 radical (unpaired) electrons. The van der Waals surface area contributed by atoms with Crippen molar-refractivity contribution in [1.82, 2.24) is 35.4 Å². The number of rotatable bonds is 5. The summed E-state index contributed by atoms with van der Waals surface area (Å²) in [4.78, 5) is 45.0. The second-order valence-electron chi connectivity index (χ2n) is 13.2. The molecule has 0 aliphatic carbocycles. The molecular formula is C34H43N7O8S. The zero-order valence-electron chi connectivity index (χ0n) is 28.0. The number of nitrogens with one attached hydrogen (secondary N) is 2. The van der Waals surface area contributed by atoms with E-state index in [-0.39, 0.29) is 80.3 Å². The number of hydrogen-bond acceptors (Lipinski definition) is 11. The Morgan fingerprint density at radius 3 is 2.52 bits per heavy atom. The molecule has 16 heteroatoms. The molecule has 3 saturated heterocycles. The van der Waals surface area contributed by atoms with Crippen molar-refractivity contribution in [2.45, 2.75) is 54.7 Å². The van der Waals surface area contributed by atoms with Crippen LogP contribution in [0.25, 0.3) is 11.3 Å². The smallest absolute Gasteiger partial charge is 0.246 e. The van der Waals surface area contributed by atoms with E-state index in [4.69, 9.17) is 9.47 Å². The number of phenolic OH excluding ortho intramolecular Hbond substituents is 1. The number of aromatic hydroxyl groups is 1. The summed E-state index contributed by atoms with van der Waals surface area (Å²) in [5.74, 6) is -0.774. The van der Waals surface area contributed by atoms with Crippen molar-refractivity contribution in [3.8, 4) is 17.0 Å². The van der Waals surface area contributed by atoms with E-state index in [1.807, 2.05) is 6.07 Å². The minimum Gasteiger partial charge on any atom is -0.508 e. The summed E-state index contributed by atoms with van der Waals surface area (Å²) in [5.41, 5.74) is 1.33. The first kappa shape index (κ1) is 35.4. The Labute approximate surface area is 290 Å². The molecule has 1 spiro atoms. The number of phenols is 1. The first-order valence-electron chi connectivity index (χ1n) is 16.7. The quantitative estimate of drug-likeness (QED) is 0.342. The number of nitrogens with zero attached hydrogens (tertiary/aromatic N) is 5. The van der Waals surface area contributed by atoms with Gasteiger partial charge in [0.1, 0.15) is 24.1 Å². The van der Waals surface area contributed by atoms with Crippen molar-refractivity contribution < 1.29 is 37.4 Å². The molecule has 0 unspecified atom stereocenters. The molecule has 1 aromatic heterocycles. The minimum atomic E-state index is -3.30. The lowest BCUT2D eigenvalue weighted by atomic mass is 9.83. The van der Waals surface area contributed by atoms with Crippen molar-refractivity contribution in [2.24, 2.45) is 0 Å². The molecule has 3 amide bonds. The molecule has 3 fully saturated rings. The lowest BCUT2D eigenvalue weighted by molar-refractivity contribution is -0.141. The number of likely N-dealkylation sites (tertiary alicyclic amines) is 1. The fourth-order valence-corrected chi connectivity index (χ4v) is 7.47. The highest BCUT2D eigenvalue weighted by Crippen LogP contribution is 2.33. The highest BCUT2D eigenvalue weighted by molar-refractivity contribution is 7.90. The van der Waals surface area contributed by atoms with Crippen LogP contribution in [0.5, 0.6) is 5.75 Å². The van der Waals surface area contributed by atoms with Crippen molar-refractivity contribution in [3.05, 3.63) is 60.3 Å². The molecule has 50 heavy (non-hydrogen) atoms. The van der Waals surface area contributed by atoms with Crippen molar-refractivity contribution in [3.63, 3.8) is 0 Å². The van der Waals surface area contributed by atoms with E-state index in [0.717, 1.165) is 5.56 Å². The molecule has 268 valence electrons. The highest BCUT2D eigenvalue weighted by Gasteiger charge is 2.45. The molecule has 3 N–H and O–H groups in total. The number of fused-ring (bicyclic) bond motifs is 1. The van der Waals surface area contributed by atoms with Crippen LogP contribution in [-0.4, -0.2) is 126 Å². The summed E-state index contributed by atoms with van der Waals surface area (Å²) >= 11 is 0. The second kappa shape index (κ2) is 15.2. The molecule has 2 atom stereocenters. The van der Waals surface area contributed by atoms with E-state index in [9.17, 15) is 27.9 Å². The van der Waals surface area contributed by atoms with E-state index in [0.29, 0.717) is 50.2 Å². The molecule has 2 aromatic carbocycles. The first-order chi connectivity index (χ1) is 24.0. The van der Waals surface area contributed by atoms with Crippen LogP contribution < -0.4 is 10.6 Å². The first-order valence-corrected chi connectivity index (χ1v) is 18.6. The van der Waals surface area contributed by atoms with Gasteiger partial charge in [-0.3, -0.25) is 19.3 Å². The summed E-state index contributed by atoms with van der Waals surface area (Å²) in [7, 11) is -3.30. The molecule has 3 aliphatic heterocycles. The average Bonchev–Trinajstić information content (AvgIpc) is 3.75. The number of carbonyl (C=O) groups is 3. The van der Waals surface area contributed by atoms with Crippen LogP contribution in [0.4, 0.5) is 0 Å². The number of benzene rings is 2. The number of hydrogen-bond donors (Lipinski definition) is 3. The molecule has 4 heterocycles. The van der Waals surface area contributed by atoms with Crippen LogP contribution >= 0.6 is 0 Å². The maximum absolute atomic E-state index is 14.2. The number of amides is 3. The van der Waals surface area contributed by atoms with Gasteiger partial charge in [-0.15, -0.1) is 5.10 Å². The molecule has 15 nitrogen and oxygen atoms in total. The number of sulfone groups is 1. The van der Waals surface area contributed by atoms with Crippen LogP contribution in [-0.2, 0) is 40.2 Å². The normalized spacial score (nSPS) is 23.0. The van der Waals surface area contributed by atoms with E-state index < -0.39 is 21.4 Å². The monoisotopic (exact) mass is 709 g/mol. The van der Waals surface area contributed by atoms with Gasteiger partial charge in [-0.1, -0.05) is 29.5 Å². The third-order valence-electron chi connectivity index (χ3n) is 9.54. The van der Waals surface area contributed by atoms with Gasteiger partial charge in [0.15, 0.2) is 9.84 Å². The minimum absolute atomic E-state index is 0.00114. The zero-order valence-corrected chi connectivity index (χ0v) is 28.8. The van der Waals surface area contributed by atoms with Crippen LogP contribution in [0.2, 0.25) is 0 Å². The molecule has 6 rings (SSSR count). The second-order valence-corrected chi connectivity index (χ2v) is 15.3. The van der Waals surface area contributed by atoms with E-state index in [1.54, 1.807) is 58.2 Å². The third kappa shape index (κ3) is 8.67. The topological polar surface area (TPSA) is 185 Å². The summed E-state index contributed by atoms with van der Waals surface area (Å²) in [6.07, 6.45) is 4.22. The van der Waals surface area contributed by atoms with Gasteiger partial charge in [-0.25, -0.2) is 13.1 Å². The molecule has 0 bridgehead atoms. The predicted molar refractivity (Wildman–Crippen MR) is 180 cm³/mol. The Hall–Kier alpha value is -4.38. The van der Waals surface area contributed by atoms with E-state index >= 15 is 0 Å². The molecular weight excluding hydrogens is 666 g/mol. The Kier molecular flexibility index (Phi) is 10.8. The standard InChI is InChI=1S/C34H43N7O8S/c1-50(46,47)28-7-5-24(6-8-28)20-39-12-9-34(10-13-39)19-32(44)40-21-26(41-22-29(37-38-41)25-3-2-4-27(42)17-25)18-30(40)33(45)35-11-14-48-15-16-49-23-31(43)36-34/h2-8,17,22,26,30,42H,9-16,18-21,23H2,1H3,(H,35,45)(H,36,43)/t26-,30-/m0/s1. The summed E-state index contributed by atoms with van der Waals surface area (Å²) in [6.45, 7) is 2.78. The van der Waals surface area contributed by atoms with Gasteiger partial charge in [-0.05, 0) is 42.7 Å². The van der Waals surface area contributed by atoms with Gasteiger partial charge in [0.25, 0.3) is 0 Å². The van der Waals surface area contributed by atoms with Gasteiger partial charge >= 0.3 is 0 Å². The van der Waals surface area contributed by atoms with Crippen molar-refractivity contribution in [2.75, 3.05) is 58.9 Å². The van der Waals surface area contributed by atoms with Crippen LogP contribution in [0.3, 0.4) is 0 Å². The van der Waals surface area contributed by atoms with E-state index in [2.05, 4.69) is 25.8 Å². The third-order valence-corrected chi connectivity index (χ3v) is 10.7. The van der Waals surface area contributed by atoms with Crippen molar-refractivity contribution in [1.29, 1.82) is 0 Å². The maximum atomic E-state index is 14.2. The highest BCUT2D eigenvalue weighted by atomic mass is 32.2. The SMILES string of the molecule is CS(=O)(=O)c1ccc(CN2CCC3(CC2)CC(=O)N2C[C@@H](n4cc(-c5cccc(O)c5)nn4)C[C@H]2C(=O)NCCOCCOCC(=O)N3)cc1. The largest absolute Gasteiger partial charge is 0.508 e. The van der Waals surface area contributed by atoms with Gasteiger partial charge in [-0.2, -0.15) is 0 Å². The van der Waals surface area contributed by atoms with Crippen LogP contribution in [0.15, 0.2) is 59.6 Å². The number of ether oxygens (including phenoxy) is 2. The lowest BCUT2D eigenvalue weighted by Crippen LogP contribution is -2.58. The Bertz CT molecular complexity index is 1790. The van der Waals surface area contributed by atoms with Crippen molar-refractivity contribution >= 4 is 27.6 Å². The lowest BCUT2D eigenvalue weighted by Gasteiger charge is -2.43. The van der Waals surface area contributed by atoms with Gasteiger partial charge in [0.2, 0.25) is 17.7 Å². The van der Waals surface area contributed by atoms with Crippen LogP contribution in [0, 0.1) is 0 Å². The number of piperidine rings is 1. The average molecular weight is 710 g/mol. The van der Waals surface area contributed by atoms with Gasteiger partial charge < -0.3 is 30.1 Å². The van der Waals surface area contributed by atoms with E-state index in [1.165, 1.54) is 6.26 Å². The number of carbonyl (C=O) groups excluding carboxylic acids is 3. The molecule has 3 aromatic rings. The number of aromatic nitrogens is 3. The fourth-order valence-electron chi connectivity index (χ4n) is 6.84. The predicted octanol–water partition coefficient (Wildman–Crippen LogP) is 0.900. The van der Waals surface area contributed by atoms with Gasteiger partial charge in [0.05, 0.1) is 48.9 Å². The van der Waals surface area contributed by atoms with Crippen LogP contribution in [0.1, 0.15) is 37.3 Å². The fraction of sp³-hybridized carbons (Fsp3) is 0.500. The van der Waals surface area contributed by atoms with Gasteiger partial charge in [0, 0.05) is 51.0 Å². The Morgan fingerprint density at radius 2 is 1.78 bits per heavy atom. The zero-order chi connectivity index (χ0) is 35.3.